The van der Waals surface area contributed by atoms with Crippen molar-refractivity contribution >= 4 is 17.6 Å². The zero-order chi connectivity index (χ0) is 21.0. The summed E-state index contributed by atoms with van der Waals surface area (Å²) in [6, 6.07) is 12.0. The van der Waals surface area contributed by atoms with Crippen molar-refractivity contribution in [3.8, 4) is 0 Å². The van der Waals surface area contributed by atoms with Gasteiger partial charge in [0.25, 0.3) is 0 Å². The first-order valence-corrected chi connectivity index (χ1v) is 11.1. The molecule has 0 bridgehead atoms. The maximum Gasteiger partial charge on any atom is 0.134 e. The van der Waals surface area contributed by atoms with Crippen LogP contribution in [0, 0.1) is 5.82 Å². The average molecular weight is 395 g/mol. The van der Waals surface area contributed by atoms with Gasteiger partial charge in [0.15, 0.2) is 0 Å². The molecule has 29 heavy (non-hydrogen) atoms. The summed E-state index contributed by atoms with van der Waals surface area (Å²) in [6.07, 6.45) is 7.29. The predicted octanol–water partition coefficient (Wildman–Crippen LogP) is 7.42. The molecule has 0 radical (unpaired) electrons. The third kappa shape index (κ3) is 4.88. The maximum atomic E-state index is 15.0. The van der Waals surface area contributed by atoms with E-state index >= 15 is 0 Å². The molecule has 3 heteroatoms. The summed E-state index contributed by atoms with van der Waals surface area (Å²) in [7, 11) is 0. The predicted molar refractivity (Wildman–Crippen MR) is 123 cm³/mol. The Morgan fingerprint density at radius 3 is 2.52 bits per heavy atom. The van der Waals surface area contributed by atoms with E-state index in [4.69, 9.17) is 0 Å². The lowest BCUT2D eigenvalue weighted by Crippen LogP contribution is -2.48. The fourth-order valence-electron chi connectivity index (χ4n) is 4.54. The zero-order valence-electron chi connectivity index (χ0n) is 18.6. The first kappa shape index (κ1) is 21.5. The Balaban J connectivity index is 1.86. The molecule has 0 aliphatic carbocycles. The van der Waals surface area contributed by atoms with Gasteiger partial charge in [-0.1, -0.05) is 39.3 Å². The normalized spacial score (nSPS) is 18.3. The Morgan fingerprint density at radius 1 is 1.14 bits per heavy atom. The molecule has 0 N–H and O–H groups in total. The van der Waals surface area contributed by atoms with E-state index in [0.717, 1.165) is 37.2 Å². The van der Waals surface area contributed by atoms with Crippen LogP contribution in [0.4, 0.5) is 15.8 Å². The van der Waals surface area contributed by atoms with Crippen LogP contribution in [-0.4, -0.2) is 18.3 Å². The van der Waals surface area contributed by atoms with Gasteiger partial charge in [-0.05, 0) is 80.8 Å². The summed E-state index contributed by atoms with van der Waals surface area (Å²) < 4.78 is 15.0. The van der Waals surface area contributed by atoms with Crippen molar-refractivity contribution in [1.29, 1.82) is 0 Å². The number of aryl methyl sites for hydroxylation is 1. The molecule has 2 aromatic rings. The van der Waals surface area contributed by atoms with Gasteiger partial charge in [0.2, 0.25) is 0 Å². The number of hydrogen-bond donors (Lipinski definition) is 0. The van der Waals surface area contributed by atoms with E-state index < -0.39 is 0 Å². The van der Waals surface area contributed by atoms with Crippen molar-refractivity contribution in [3.05, 3.63) is 58.9 Å². The molecule has 1 heterocycles. The average Bonchev–Trinajstić information content (AvgIpc) is 2.68. The van der Waals surface area contributed by atoms with Crippen LogP contribution >= 0.6 is 0 Å². The van der Waals surface area contributed by atoms with Crippen LogP contribution in [0.25, 0.3) is 0 Å². The molecule has 0 spiro atoms. The first-order chi connectivity index (χ1) is 13.9. The van der Waals surface area contributed by atoms with Crippen molar-refractivity contribution < 1.29 is 4.39 Å². The standard InChI is InChI=1S/C26H35FN2/c1-6-8-9-20-10-12-22(13-11-20)28-18-21-15-23-19(3)17-26(4,5)29(14-7-2)25(23)16-24(21)27/h10-13,15-16,18-19H,6-9,14,17H2,1-5H3. The third-order valence-corrected chi connectivity index (χ3v) is 6.06. The Bertz CT molecular complexity index is 852. The second-order valence-corrected chi connectivity index (χ2v) is 9.03. The van der Waals surface area contributed by atoms with Gasteiger partial charge in [0.05, 0.1) is 5.69 Å². The number of aliphatic imine (C=N–C) groups is 1. The van der Waals surface area contributed by atoms with Gasteiger partial charge in [-0.15, -0.1) is 0 Å². The van der Waals surface area contributed by atoms with E-state index in [1.807, 2.05) is 18.2 Å². The zero-order valence-corrected chi connectivity index (χ0v) is 18.6. The molecule has 1 atom stereocenters. The third-order valence-electron chi connectivity index (χ3n) is 6.06. The second kappa shape index (κ2) is 9.11. The highest BCUT2D eigenvalue weighted by Gasteiger charge is 2.36. The fourth-order valence-corrected chi connectivity index (χ4v) is 4.54. The van der Waals surface area contributed by atoms with Gasteiger partial charge in [0.1, 0.15) is 5.82 Å². The molecule has 3 rings (SSSR count). The van der Waals surface area contributed by atoms with E-state index in [0.29, 0.717) is 11.5 Å². The van der Waals surface area contributed by atoms with E-state index in [1.165, 1.54) is 24.0 Å². The summed E-state index contributed by atoms with van der Waals surface area (Å²) >= 11 is 0. The molecule has 0 saturated heterocycles. The number of fused-ring (bicyclic) bond motifs is 1. The molecule has 1 unspecified atom stereocenters. The summed E-state index contributed by atoms with van der Waals surface area (Å²) in [5, 5.41) is 0. The molecule has 0 fully saturated rings. The highest BCUT2D eigenvalue weighted by molar-refractivity contribution is 5.84. The molecular formula is C26H35FN2. The van der Waals surface area contributed by atoms with Crippen LogP contribution in [0.1, 0.15) is 82.9 Å². The SMILES string of the molecule is CCCCc1ccc(N=Cc2cc3c(cc2F)N(CCC)C(C)(C)CC3C)cc1. The molecule has 0 saturated carbocycles. The van der Waals surface area contributed by atoms with Crippen LogP contribution < -0.4 is 4.90 Å². The number of unbranched alkanes of at least 4 members (excludes halogenated alkanes) is 1. The molecule has 0 aromatic heterocycles. The summed E-state index contributed by atoms with van der Waals surface area (Å²) in [6.45, 7) is 12.1. The van der Waals surface area contributed by atoms with Crippen molar-refractivity contribution in [3.63, 3.8) is 0 Å². The molecule has 1 aliphatic rings. The number of anilines is 1. The maximum absolute atomic E-state index is 15.0. The summed E-state index contributed by atoms with van der Waals surface area (Å²) in [5.74, 6) is 0.205. The van der Waals surface area contributed by atoms with E-state index in [2.05, 4.69) is 56.6 Å². The van der Waals surface area contributed by atoms with Gasteiger partial charge in [0, 0.05) is 29.5 Å². The Morgan fingerprint density at radius 2 is 1.86 bits per heavy atom. The molecule has 1 aliphatic heterocycles. The lowest BCUT2D eigenvalue weighted by molar-refractivity contribution is 0.375. The molecule has 2 aromatic carbocycles. The smallest absolute Gasteiger partial charge is 0.134 e. The van der Waals surface area contributed by atoms with Crippen LogP contribution in [-0.2, 0) is 6.42 Å². The minimum absolute atomic E-state index is 0.0456. The first-order valence-electron chi connectivity index (χ1n) is 11.1. The van der Waals surface area contributed by atoms with E-state index in [1.54, 1.807) is 12.3 Å². The summed E-state index contributed by atoms with van der Waals surface area (Å²) in [4.78, 5) is 6.91. The van der Waals surface area contributed by atoms with Gasteiger partial charge in [-0.2, -0.15) is 0 Å². The van der Waals surface area contributed by atoms with Crippen molar-refractivity contribution in [2.45, 2.75) is 78.2 Å². The fraction of sp³-hybridized carbons (Fsp3) is 0.500. The van der Waals surface area contributed by atoms with Crippen LogP contribution in [0.15, 0.2) is 41.4 Å². The van der Waals surface area contributed by atoms with E-state index in [9.17, 15) is 4.39 Å². The monoisotopic (exact) mass is 394 g/mol. The van der Waals surface area contributed by atoms with Gasteiger partial charge >= 0.3 is 0 Å². The minimum Gasteiger partial charge on any atom is -0.366 e. The van der Waals surface area contributed by atoms with Crippen LogP contribution in [0.3, 0.4) is 0 Å². The van der Waals surface area contributed by atoms with Gasteiger partial charge in [-0.25, -0.2) is 4.39 Å². The molecule has 0 amide bonds. The van der Waals surface area contributed by atoms with Gasteiger partial charge < -0.3 is 4.90 Å². The summed E-state index contributed by atoms with van der Waals surface area (Å²) in [5.41, 5.74) is 5.09. The largest absolute Gasteiger partial charge is 0.366 e. The highest BCUT2D eigenvalue weighted by atomic mass is 19.1. The Hall–Kier alpha value is -2.16. The topological polar surface area (TPSA) is 15.6 Å². The Labute approximate surface area is 175 Å². The van der Waals surface area contributed by atoms with Crippen molar-refractivity contribution in [1.82, 2.24) is 0 Å². The number of nitrogens with zero attached hydrogens (tertiary/aromatic N) is 2. The number of rotatable bonds is 7. The highest BCUT2D eigenvalue weighted by Crippen LogP contribution is 2.44. The quantitative estimate of drug-likeness (QED) is 0.446. The number of halogens is 1. The van der Waals surface area contributed by atoms with Crippen molar-refractivity contribution in [2.24, 2.45) is 4.99 Å². The van der Waals surface area contributed by atoms with Crippen LogP contribution in [0.2, 0.25) is 0 Å². The van der Waals surface area contributed by atoms with Gasteiger partial charge in [-0.3, -0.25) is 4.99 Å². The molecular weight excluding hydrogens is 359 g/mol. The molecule has 2 nitrogen and oxygen atoms in total. The second-order valence-electron chi connectivity index (χ2n) is 9.03. The number of hydrogen-bond acceptors (Lipinski definition) is 2. The Kier molecular flexibility index (Phi) is 6.77. The van der Waals surface area contributed by atoms with Crippen LogP contribution in [0.5, 0.6) is 0 Å². The van der Waals surface area contributed by atoms with Crippen molar-refractivity contribution in [2.75, 3.05) is 11.4 Å². The molecule has 156 valence electrons. The van der Waals surface area contributed by atoms with E-state index in [-0.39, 0.29) is 11.4 Å². The lowest BCUT2D eigenvalue weighted by atomic mass is 9.79. The lowest BCUT2D eigenvalue weighted by Gasteiger charge is -2.47. The number of benzene rings is 2. The minimum atomic E-state index is -0.196.